The van der Waals surface area contributed by atoms with Crippen molar-refractivity contribution in [2.45, 2.75) is 23.2 Å². The highest BCUT2D eigenvalue weighted by Gasteiger charge is 2.46. The molecule has 1 aromatic carbocycles. The van der Waals surface area contributed by atoms with Crippen molar-refractivity contribution >= 4 is 32.2 Å². The molecule has 0 unspecified atom stereocenters. The highest BCUT2D eigenvalue weighted by Crippen LogP contribution is 2.36. The van der Waals surface area contributed by atoms with Crippen molar-refractivity contribution in [3.8, 4) is 11.4 Å². The van der Waals surface area contributed by atoms with Crippen LogP contribution in [-0.4, -0.2) is 36.0 Å². The van der Waals surface area contributed by atoms with Crippen LogP contribution in [0.5, 0.6) is 0 Å². The van der Waals surface area contributed by atoms with Gasteiger partial charge in [0.2, 0.25) is 0 Å². The fraction of sp³-hybridized carbons (Fsp3) is 0.174. The lowest BCUT2D eigenvalue weighted by molar-refractivity contribution is -0.137. The minimum atomic E-state index is -5.51. The van der Waals surface area contributed by atoms with Crippen LogP contribution < -0.4 is 5.32 Å². The first-order valence-corrected chi connectivity index (χ1v) is 11.8. The van der Waals surface area contributed by atoms with Gasteiger partial charge < -0.3 is 10.1 Å². The number of halogens is 6. The normalized spacial score (nSPS) is 12.6. The molecular formula is C23H16F6N4O3S. The molecule has 3 heterocycles. The van der Waals surface area contributed by atoms with E-state index in [2.05, 4.69) is 20.3 Å². The van der Waals surface area contributed by atoms with Crippen molar-refractivity contribution in [3.63, 3.8) is 0 Å². The summed E-state index contributed by atoms with van der Waals surface area (Å²) in [6, 6.07) is 10.3. The number of anilines is 2. The van der Waals surface area contributed by atoms with Crippen LogP contribution in [0.2, 0.25) is 0 Å². The number of rotatable bonds is 6. The van der Waals surface area contributed by atoms with Crippen LogP contribution in [0.25, 0.3) is 22.4 Å². The molecular weight excluding hydrogens is 526 g/mol. The Bertz CT molecular complexity index is 1560. The van der Waals surface area contributed by atoms with Gasteiger partial charge in [-0.05, 0) is 54.6 Å². The van der Waals surface area contributed by atoms with Gasteiger partial charge in [-0.3, -0.25) is 4.98 Å². The number of pyridine rings is 3. The number of alkyl halides is 6. The Morgan fingerprint density at radius 3 is 2.27 bits per heavy atom. The van der Waals surface area contributed by atoms with Crippen molar-refractivity contribution < 1.29 is 39.5 Å². The lowest BCUT2D eigenvalue weighted by Crippen LogP contribution is -2.23. The number of nitrogens with zero attached hydrogens (tertiary/aromatic N) is 3. The molecule has 0 saturated heterocycles. The van der Waals surface area contributed by atoms with Crippen LogP contribution in [0, 0.1) is 0 Å². The summed E-state index contributed by atoms with van der Waals surface area (Å²) in [7, 11) is -4.10. The van der Waals surface area contributed by atoms with E-state index in [0.29, 0.717) is 16.8 Å². The Balaban J connectivity index is 1.77. The third-order valence-corrected chi connectivity index (χ3v) is 6.62. The summed E-state index contributed by atoms with van der Waals surface area (Å²) in [4.78, 5) is 11.5. The Hall–Kier alpha value is -3.78. The number of methoxy groups -OCH3 is 1. The van der Waals surface area contributed by atoms with Gasteiger partial charge in [0.05, 0.1) is 34.1 Å². The average Bonchev–Trinajstić information content (AvgIpc) is 2.83. The van der Waals surface area contributed by atoms with Crippen LogP contribution in [0.3, 0.4) is 0 Å². The van der Waals surface area contributed by atoms with Crippen molar-refractivity contribution in [1.29, 1.82) is 0 Å². The lowest BCUT2D eigenvalue weighted by Gasteiger charge is -2.14. The maximum atomic E-state index is 13.5. The smallest absolute Gasteiger partial charge is 0.378 e. The standard InChI is InChI=1S/C23H16F6N4O3S/c1-36-12-14-11-19(31-13-4-6-15(7-5-13)37(34,35)23(27,28)29)16-8-9-18(33-21(16)32-14)20-17(22(24,25)26)3-2-10-30-20/h2-11H,12H2,1H3,(H,31,32,33). The summed E-state index contributed by atoms with van der Waals surface area (Å²) in [6.07, 6.45) is -3.45. The second kappa shape index (κ2) is 9.59. The Morgan fingerprint density at radius 2 is 1.65 bits per heavy atom. The van der Waals surface area contributed by atoms with Gasteiger partial charge in [-0.25, -0.2) is 18.4 Å². The van der Waals surface area contributed by atoms with Gasteiger partial charge in [0.1, 0.15) is 5.69 Å². The number of hydrogen-bond acceptors (Lipinski definition) is 7. The van der Waals surface area contributed by atoms with Gasteiger partial charge in [0.15, 0.2) is 5.65 Å². The van der Waals surface area contributed by atoms with Crippen LogP contribution in [-0.2, 0) is 27.4 Å². The minimum Gasteiger partial charge on any atom is -0.378 e. The first-order chi connectivity index (χ1) is 17.3. The Labute approximate surface area is 206 Å². The quantitative estimate of drug-likeness (QED) is 0.304. The lowest BCUT2D eigenvalue weighted by atomic mass is 10.1. The van der Waals surface area contributed by atoms with E-state index in [1.165, 1.54) is 25.4 Å². The van der Waals surface area contributed by atoms with Gasteiger partial charge in [-0.2, -0.15) is 26.3 Å². The fourth-order valence-corrected chi connectivity index (χ4v) is 4.22. The van der Waals surface area contributed by atoms with E-state index in [-0.39, 0.29) is 29.3 Å². The van der Waals surface area contributed by atoms with Crippen molar-refractivity contribution in [2.24, 2.45) is 0 Å². The molecule has 0 saturated carbocycles. The molecule has 0 spiro atoms. The molecule has 0 atom stereocenters. The molecule has 14 heteroatoms. The molecule has 0 radical (unpaired) electrons. The second-order valence-electron chi connectivity index (χ2n) is 7.66. The predicted octanol–water partition coefficient (Wildman–Crippen LogP) is 5.89. The molecule has 194 valence electrons. The molecule has 0 bridgehead atoms. The number of nitrogens with one attached hydrogen (secondary N) is 1. The summed E-state index contributed by atoms with van der Waals surface area (Å²) in [5.74, 6) is 0. The molecule has 3 aromatic heterocycles. The van der Waals surface area contributed by atoms with E-state index in [0.717, 1.165) is 36.4 Å². The summed E-state index contributed by atoms with van der Waals surface area (Å²) < 4.78 is 107. The topological polar surface area (TPSA) is 94.1 Å². The molecule has 0 amide bonds. The number of fused-ring (bicyclic) bond motifs is 1. The van der Waals surface area contributed by atoms with E-state index in [9.17, 15) is 34.8 Å². The number of hydrogen-bond donors (Lipinski definition) is 1. The highest BCUT2D eigenvalue weighted by atomic mass is 32.2. The van der Waals surface area contributed by atoms with Crippen LogP contribution >= 0.6 is 0 Å². The van der Waals surface area contributed by atoms with E-state index in [1.54, 1.807) is 6.07 Å². The summed E-state index contributed by atoms with van der Waals surface area (Å²) in [6.45, 7) is 0.0245. The number of ether oxygens (including phenoxy) is 1. The van der Waals surface area contributed by atoms with E-state index < -0.39 is 32.0 Å². The van der Waals surface area contributed by atoms with Gasteiger partial charge >= 0.3 is 11.7 Å². The maximum absolute atomic E-state index is 13.5. The summed E-state index contributed by atoms with van der Waals surface area (Å²) >= 11 is 0. The van der Waals surface area contributed by atoms with Gasteiger partial charge in [0, 0.05) is 24.4 Å². The SMILES string of the molecule is COCc1cc(Nc2ccc(S(=O)(=O)C(F)(F)F)cc2)c2ccc(-c3ncccc3C(F)(F)F)nc2n1. The fourth-order valence-electron chi connectivity index (χ4n) is 3.46. The first-order valence-electron chi connectivity index (χ1n) is 10.3. The van der Waals surface area contributed by atoms with Crippen molar-refractivity contribution in [1.82, 2.24) is 15.0 Å². The third kappa shape index (κ3) is 5.34. The largest absolute Gasteiger partial charge is 0.501 e. The summed E-state index contributed by atoms with van der Waals surface area (Å²) in [5.41, 5.74) is -5.85. The molecule has 0 aliphatic rings. The number of aromatic nitrogens is 3. The van der Waals surface area contributed by atoms with Crippen LogP contribution in [0.1, 0.15) is 11.3 Å². The van der Waals surface area contributed by atoms with Crippen molar-refractivity contribution in [2.75, 3.05) is 12.4 Å². The third-order valence-electron chi connectivity index (χ3n) is 5.12. The molecule has 1 N–H and O–H groups in total. The zero-order valence-corrected chi connectivity index (χ0v) is 19.5. The van der Waals surface area contributed by atoms with E-state index >= 15 is 0 Å². The van der Waals surface area contributed by atoms with Gasteiger partial charge in [-0.15, -0.1) is 0 Å². The Morgan fingerprint density at radius 1 is 0.946 bits per heavy atom. The predicted molar refractivity (Wildman–Crippen MR) is 121 cm³/mol. The number of sulfone groups is 1. The monoisotopic (exact) mass is 542 g/mol. The first kappa shape index (κ1) is 26.3. The molecule has 0 fully saturated rings. The average molecular weight is 542 g/mol. The van der Waals surface area contributed by atoms with E-state index in [1.807, 2.05) is 0 Å². The molecule has 37 heavy (non-hydrogen) atoms. The van der Waals surface area contributed by atoms with Gasteiger partial charge in [-0.1, -0.05) is 0 Å². The molecule has 0 aliphatic heterocycles. The Kier molecular flexibility index (Phi) is 6.81. The molecule has 7 nitrogen and oxygen atoms in total. The van der Waals surface area contributed by atoms with Gasteiger partial charge in [0.25, 0.3) is 9.84 Å². The minimum absolute atomic E-state index is 0.0245. The second-order valence-corrected chi connectivity index (χ2v) is 9.60. The van der Waals surface area contributed by atoms with Crippen molar-refractivity contribution in [3.05, 3.63) is 72.1 Å². The molecule has 0 aliphatic carbocycles. The molecule has 4 aromatic rings. The molecule has 4 rings (SSSR count). The van der Waals surface area contributed by atoms with Crippen LogP contribution in [0.15, 0.2) is 65.7 Å². The zero-order chi connectivity index (χ0) is 27.0. The zero-order valence-electron chi connectivity index (χ0n) is 18.7. The number of benzene rings is 1. The van der Waals surface area contributed by atoms with E-state index in [4.69, 9.17) is 4.74 Å². The van der Waals surface area contributed by atoms with Crippen LogP contribution in [0.4, 0.5) is 37.7 Å². The highest BCUT2D eigenvalue weighted by molar-refractivity contribution is 7.92. The maximum Gasteiger partial charge on any atom is 0.501 e. The summed E-state index contributed by atoms with van der Waals surface area (Å²) in [5, 5.41) is 3.33.